The van der Waals surface area contributed by atoms with Crippen LogP contribution in [0.2, 0.25) is 0 Å². The molecule has 0 saturated carbocycles. The number of aromatic nitrogens is 2. The Bertz CT molecular complexity index is 482. The maximum Gasteiger partial charge on any atom is 0.348 e. The summed E-state index contributed by atoms with van der Waals surface area (Å²) >= 11 is 1.63. The molecule has 0 bridgehead atoms. The van der Waals surface area contributed by atoms with Gasteiger partial charge in [0.1, 0.15) is 0 Å². The molecule has 0 aromatic carbocycles. The fourth-order valence-corrected chi connectivity index (χ4v) is 2.06. The van der Waals surface area contributed by atoms with Crippen molar-refractivity contribution in [2.45, 2.75) is 26.8 Å². The number of nitrogens with zero attached hydrogens (tertiary/aromatic N) is 2. The SMILES string of the molecule is CSCCn1c(C)c(CC(=O)O)c(C)nc1=O. The highest BCUT2D eigenvalue weighted by Crippen LogP contribution is 2.10. The first kappa shape index (κ1) is 13.8. The van der Waals surface area contributed by atoms with Crippen LogP contribution in [0, 0.1) is 13.8 Å². The summed E-state index contributed by atoms with van der Waals surface area (Å²) in [6.45, 7) is 4.01. The Morgan fingerprint density at radius 3 is 2.65 bits per heavy atom. The lowest BCUT2D eigenvalue weighted by Crippen LogP contribution is -2.29. The van der Waals surface area contributed by atoms with Crippen molar-refractivity contribution in [3.8, 4) is 0 Å². The Morgan fingerprint density at radius 2 is 2.12 bits per heavy atom. The van der Waals surface area contributed by atoms with Gasteiger partial charge in [-0.2, -0.15) is 16.7 Å². The van der Waals surface area contributed by atoms with Gasteiger partial charge in [0.25, 0.3) is 0 Å². The average molecular weight is 256 g/mol. The molecule has 1 N–H and O–H groups in total. The molecule has 0 radical (unpaired) electrons. The number of aryl methyl sites for hydroxylation is 1. The highest BCUT2D eigenvalue weighted by Gasteiger charge is 2.13. The van der Waals surface area contributed by atoms with Crippen LogP contribution >= 0.6 is 11.8 Å². The molecule has 1 rings (SSSR count). The van der Waals surface area contributed by atoms with Gasteiger partial charge in [-0.15, -0.1) is 0 Å². The molecule has 17 heavy (non-hydrogen) atoms. The molecule has 0 unspecified atom stereocenters. The maximum absolute atomic E-state index is 11.7. The molecule has 94 valence electrons. The van der Waals surface area contributed by atoms with Crippen LogP contribution in [0.25, 0.3) is 0 Å². The van der Waals surface area contributed by atoms with Crippen LogP contribution in [0.1, 0.15) is 17.0 Å². The van der Waals surface area contributed by atoms with Crippen molar-refractivity contribution < 1.29 is 9.90 Å². The normalized spacial score (nSPS) is 10.5. The number of carboxylic acid groups (broad SMARTS) is 1. The molecule has 0 saturated heterocycles. The van der Waals surface area contributed by atoms with Crippen LogP contribution in [0.15, 0.2) is 4.79 Å². The minimum Gasteiger partial charge on any atom is -0.481 e. The minimum atomic E-state index is -0.909. The van der Waals surface area contributed by atoms with E-state index in [0.29, 0.717) is 23.5 Å². The molecular weight excluding hydrogens is 240 g/mol. The Morgan fingerprint density at radius 1 is 1.47 bits per heavy atom. The van der Waals surface area contributed by atoms with Crippen molar-refractivity contribution >= 4 is 17.7 Å². The Kier molecular flexibility index (Phi) is 4.74. The number of aliphatic carboxylic acids is 1. The van der Waals surface area contributed by atoms with Gasteiger partial charge in [-0.05, 0) is 20.1 Å². The van der Waals surface area contributed by atoms with E-state index in [1.54, 1.807) is 30.2 Å². The predicted octanol–water partition coefficient (Wildman–Crippen LogP) is 0.850. The summed E-state index contributed by atoms with van der Waals surface area (Å²) in [7, 11) is 0. The maximum atomic E-state index is 11.7. The van der Waals surface area contributed by atoms with Gasteiger partial charge >= 0.3 is 11.7 Å². The van der Waals surface area contributed by atoms with Crippen LogP contribution in [0.3, 0.4) is 0 Å². The lowest BCUT2D eigenvalue weighted by atomic mass is 10.1. The largest absolute Gasteiger partial charge is 0.481 e. The summed E-state index contributed by atoms with van der Waals surface area (Å²) in [6, 6.07) is 0. The molecule has 0 aliphatic heterocycles. The van der Waals surface area contributed by atoms with Crippen molar-refractivity contribution in [3.63, 3.8) is 0 Å². The quantitative estimate of drug-likeness (QED) is 0.845. The Balaban J connectivity index is 3.22. The fourth-order valence-electron chi connectivity index (χ4n) is 1.69. The molecule has 0 spiro atoms. The third-order valence-electron chi connectivity index (χ3n) is 2.62. The minimum absolute atomic E-state index is 0.0930. The second kappa shape index (κ2) is 5.86. The van der Waals surface area contributed by atoms with E-state index in [9.17, 15) is 9.59 Å². The van der Waals surface area contributed by atoms with Crippen LogP contribution in [-0.2, 0) is 17.8 Å². The van der Waals surface area contributed by atoms with Crippen molar-refractivity contribution in [1.82, 2.24) is 9.55 Å². The second-order valence-electron chi connectivity index (χ2n) is 3.76. The lowest BCUT2D eigenvalue weighted by Gasteiger charge is -2.13. The predicted molar refractivity (Wildman–Crippen MR) is 67.7 cm³/mol. The summed E-state index contributed by atoms with van der Waals surface area (Å²) in [5, 5.41) is 8.83. The van der Waals surface area contributed by atoms with Gasteiger partial charge in [-0.25, -0.2) is 4.79 Å². The van der Waals surface area contributed by atoms with Gasteiger partial charge in [-0.1, -0.05) is 0 Å². The highest BCUT2D eigenvalue weighted by molar-refractivity contribution is 7.98. The molecule has 1 heterocycles. The van der Waals surface area contributed by atoms with Crippen LogP contribution in [0.5, 0.6) is 0 Å². The van der Waals surface area contributed by atoms with Gasteiger partial charge in [0.05, 0.1) is 6.42 Å². The number of carboxylic acids is 1. The van der Waals surface area contributed by atoms with Gasteiger partial charge in [0, 0.05) is 29.2 Å². The summed E-state index contributed by atoms with van der Waals surface area (Å²) in [5.74, 6) is -0.106. The number of carbonyl (C=O) groups is 1. The number of rotatable bonds is 5. The molecule has 5 nitrogen and oxygen atoms in total. The van der Waals surface area contributed by atoms with Gasteiger partial charge in [0.2, 0.25) is 0 Å². The zero-order valence-corrected chi connectivity index (χ0v) is 11.0. The van der Waals surface area contributed by atoms with Crippen molar-refractivity contribution in [3.05, 3.63) is 27.4 Å². The molecule has 6 heteroatoms. The van der Waals surface area contributed by atoms with E-state index in [4.69, 9.17) is 5.11 Å². The van der Waals surface area contributed by atoms with Crippen molar-refractivity contribution in [1.29, 1.82) is 0 Å². The molecule has 0 aliphatic carbocycles. The summed E-state index contributed by atoms with van der Waals surface area (Å²) in [5.41, 5.74) is 1.55. The van der Waals surface area contributed by atoms with Crippen molar-refractivity contribution in [2.24, 2.45) is 0 Å². The van der Waals surface area contributed by atoms with Crippen LogP contribution < -0.4 is 5.69 Å². The zero-order valence-electron chi connectivity index (χ0n) is 10.2. The summed E-state index contributed by atoms with van der Waals surface area (Å²) in [6.07, 6.45) is 1.87. The third-order valence-corrected chi connectivity index (χ3v) is 3.21. The zero-order chi connectivity index (χ0) is 13.0. The lowest BCUT2D eigenvalue weighted by molar-refractivity contribution is -0.136. The molecule has 0 aliphatic rings. The number of thioether (sulfide) groups is 1. The first-order valence-corrected chi connectivity index (χ1v) is 6.64. The standard InChI is InChI=1S/C11H16N2O3S/c1-7-9(6-10(14)15)8(2)13(4-5-17-3)11(16)12-7/h4-6H2,1-3H3,(H,14,15). The van der Waals surface area contributed by atoms with Gasteiger partial charge < -0.3 is 5.11 Å². The van der Waals surface area contributed by atoms with E-state index in [1.165, 1.54) is 0 Å². The monoisotopic (exact) mass is 256 g/mol. The van der Waals surface area contributed by atoms with E-state index < -0.39 is 5.97 Å². The van der Waals surface area contributed by atoms with Gasteiger partial charge in [0.15, 0.2) is 0 Å². The van der Waals surface area contributed by atoms with E-state index in [1.807, 2.05) is 6.26 Å². The highest BCUT2D eigenvalue weighted by atomic mass is 32.2. The van der Waals surface area contributed by atoms with E-state index in [0.717, 1.165) is 5.75 Å². The second-order valence-corrected chi connectivity index (χ2v) is 4.74. The smallest absolute Gasteiger partial charge is 0.348 e. The van der Waals surface area contributed by atoms with Crippen LogP contribution in [0.4, 0.5) is 0 Å². The molecular formula is C11H16N2O3S. The molecule has 0 fully saturated rings. The third kappa shape index (κ3) is 3.33. The molecule has 1 aromatic rings. The summed E-state index contributed by atoms with van der Waals surface area (Å²) < 4.78 is 1.54. The van der Waals surface area contributed by atoms with Crippen LogP contribution in [-0.4, -0.2) is 32.6 Å². The molecule has 0 amide bonds. The van der Waals surface area contributed by atoms with Gasteiger partial charge in [-0.3, -0.25) is 9.36 Å². The number of hydrogen-bond donors (Lipinski definition) is 1. The van der Waals surface area contributed by atoms with E-state index >= 15 is 0 Å². The Hall–Kier alpha value is -1.30. The first-order valence-electron chi connectivity index (χ1n) is 5.25. The van der Waals surface area contributed by atoms with E-state index in [-0.39, 0.29) is 12.1 Å². The van der Waals surface area contributed by atoms with Crippen molar-refractivity contribution in [2.75, 3.05) is 12.0 Å². The van der Waals surface area contributed by atoms with E-state index in [2.05, 4.69) is 4.98 Å². The average Bonchev–Trinajstić information content (AvgIpc) is 2.23. The molecule has 0 atom stereocenters. The Labute approximate surface area is 104 Å². The first-order chi connectivity index (χ1) is 7.97. The number of hydrogen-bond acceptors (Lipinski definition) is 4. The topological polar surface area (TPSA) is 72.2 Å². The summed E-state index contributed by atoms with van der Waals surface area (Å²) in [4.78, 5) is 26.3. The fraction of sp³-hybridized carbons (Fsp3) is 0.545. The molecule has 1 aromatic heterocycles.